The summed E-state index contributed by atoms with van der Waals surface area (Å²) in [5.74, 6) is 1.54. The Kier molecular flexibility index (Phi) is 3.69. The lowest BCUT2D eigenvalue weighted by Gasteiger charge is -2.38. The van der Waals surface area contributed by atoms with Gasteiger partial charge in [-0.2, -0.15) is 0 Å². The third-order valence-electron chi connectivity index (χ3n) is 4.06. The summed E-state index contributed by atoms with van der Waals surface area (Å²) < 4.78 is 5.36. The molecule has 1 aromatic carbocycles. The number of β-amino-alcohol motifs (C(OH)–C–C–N with tert-alkyl or cyclic N) is 1. The maximum Gasteiger partial charge on any atom is 0.145 e. The van der Waals surface area contributed by atoms with E-state index in [1.807, 2.05) is 35.2 Å². The Hall–Kier alpha value is -1.85. The van der Waals surface area contributed by atoms with E-state index in [0.717, 1.165) is 35.4 Å². The van der Waals surface area contributed by atoms with Crippen LogP contribution >= 0.6 is 0 Å². The molecule has 0 radical (unpaired) electrons. The van der Waals surface area contributed by atoms with Crippen LogP contribution in [0, 0.1) is 0 Å². The van der Waals surface area contributed by atoms with Crippen molar-refractivity contribution in [2.24, 2.45) is 0 Å². The summed E-state index contributed by atoms with van der Waals surface area (Å²) in [5, 5.41) is 20.7. The van der Waals surface area contributed by atoms with Gasteiger partial charge in [0, 0.05) is 11.9 Å². The van der Waals surface area contributed by atoms with Gasteiger partial charge in [0.15, 0.2) is 0 Å². The molecule has 1 atom stereocenters. The zero-order valence-electron chi connectivity index (χ0n) is 12.1. The van der Waals surface area contributed by atoms with Crippen molar-refractivity contribution in [3.05, 3.63) is 30.3 Å². The molecular formula is C16H20N2O3. The van der Waals surface area contributed by atoms with Crippen LogP contribution in [0.5, 0.6) is 5.75 Å². The second kappa shape index (κ2) is 5.50. The normalized spacial score (nSPS) is 22.5. The van der Waals surface area contributed by atoms with Crippen molar-refractivity contribution < 1.29 is 14.9 Å². The van der Waals surface area contributed by atoms with Gasteiger partial charge >= 0.3 is 0 Å². The Morgan fingerprint density at radius 1 is 1.33 bits per heavy atom. The maximum atomic E-state index is 10.3. The summed E-state index contributed by atoms with van der Waals surface area (Å²) in [6.07, 6.45) is 1.46. The number of hydrogen-bond acceptors (Lipinski definition) is 5. The molecule has 2 N–H and O–H groups in total. The number of rotatable bonds is 3. The molecule has 112 valence electrons. The molecule has 0 bridgehead atoms. The zero-order valence-corrected chi connectivity index (χ0v) is 12.1. The molecule has 1 aliphatic rings. The second-order valence-corrected chi connectivity index (χ2v) is 5.61. The third-order valence-corrected chi connectivity index (χ3v) is 4.06. The monoisotopic (exact) mass is 288 g/mol. The molecule has 3 rings (SSSR count). The van der Waals surface area contributed by atoms with Gasteiger partial charge in [0.05, 0.1) is 20.3 Å². The van der Waals surface area contributed by atoms with Crippen molar-refractivity contribution >= 4 is 16.7 Å². The fourth-order valence-corrected chi connectivity index (χ4v) is 2.89. The van der Waals surface area contributed by atoms with Gasteiger partial charge in [-0.3, -0.25) is 0 Å². The molecule has 0 spiro atoms. The molecule has 0 aliphatic carbocycles. The van der Waals surface area contributed by atoms with Gasteiger partial charge in [-0.05, 0) is 31.0 Å². The number of pyridine rings is 1. The Morgan fingerprint density at radius 3 is 2.95 bits per heavy atom. The van der Waals surface area contributed by atoms with E-state index in [1.165, 1.54) is 0 Å². The van der Waals surface area contributed by atoms with E-state index in [0.29, 0.717) is 13.0 Å². The molecule has 0 unspecified atom stereocenters. The summed E-state index contributed by atoms with van der Waals surface area (Å²) >= 11 is 0. The predicted molar refractivity (Wildman–Crippen MR) is 81.8 cm³/mol. The Bertz CT molecular complexity index is 646. The first kappa shape index (κ1) is 14.1. The van der Waals surface area contributed by atoms with Crippen LogP contribution in [0.25, 0.3) is 10.9 Å². The number of aliphatic hydroxyl groups excluding tert-OH is 1. The van der Waals surface area contributed by atoms with Crippen LogP contribution in [0.4, 0.5) is 5.82 Å². The number of anilines is 1. The van der Waals surface area contributed by atoms with E-state index < -0.39 is 5.60 Å². The highest BCUT2D eigenvalue weighted by atomic mass is 16.5. The Labute approximate surface area is 123 Å². The lowest BCUT2D eigenvalue weighted by molar-refractivity contribution is -0.0242. The summed E-state index contributed by atoms with van der Waals surface area (Å²) in [4.78, 5) is 6.70. The van der Waals surface area contributed by atoms with Gasteiger partial charge in [0.25, 0.3) is 0 Å². The summed E-state index contributed by atoms with van der Waals surface area (Å²) in [6, 6.07) is 9.78. The Morgan fingerprint density at radius 2 is 2.19 bits per heavy atom. The number of nitrogens with zero attached hydrogens (tertiary/aromatic N) is 2. The lowest BCUT2D eigenvalue weighted by Crippen LogP contribution is -2.50. The first-order chi connectivity index (χ1) is 10.1. The predicted octanol–water partition coefficient (Wildman–Crippen LogP) is 1.57. The van der Waals surface area contributed by atoms with Crippen LogP contribution < -0.4 is 9.64 Å². The highest BCUT2D eigenvalue weighted by Crippen LogP contribution is 2.29. The highest BCUT2D eigenvalue weighted by Gasteiger charge is 2.33. The lowest BCUT2D eigenvalue weighted by atomic mass is 9.94. The van der Waals surface area contributed by atoms with E-state index in [9.17, 15) is 10.2 Å². The average molecular weight is 288 g/mol. The van der Waals surface area contributed by atoms with Crippen LogP contribution in [0.3, 0.4) is 0 Å². The van der Waals surface area contributed by atoms with Crippen molar-refractivity contribution in [2.45, 2.75) is 18.4 Å². The number of hydrogen-bond donors (Lipinski definition) is 2. The molecule has 5 nitrogen and oxygen atoms in total. The number of aliphatic hydroxyl groups is 2. The van der Waals surface area contributed by atoms with Crippen molar-refractivity contribution in [3.63, 3.8) is 0 Å². The van der Waals surface area contributed by atoms with E-state index in [4.69, 9.17) is 4.74 Å². The molecule has 1 fully saturated rings. The minimum atomic E-state index is -1.03. The van der Waals surface area contributed by atoms with E-state index in [1.54, 1.807) is 7.11 Å². The van der Waals surface area contributed by atoms with Crippen LogP contribution in [0.2, 0.25) is 0 Å². The highest BCUT2D eigenvalue weighted by molar-refractivity contribution is 5.86. The van der Waals surface area contributed by atoms with Crippen LogP contribution in [0.15, 0.2) is 30.3 Å². The van der Waals surface area contributed by atoms with Gasteiger partial charge in [-0.25, -0.2) is 4.98 Å². The quantitative estimate of drug-likeness (QED) is 0.897. The number of benzene rings is 1. The molecule has 2 heterocycles. The minimum Gasteiger partial charge on any atom is -0.494 e. The topological polar surface area (TPSA) is 65.8 Å². The smallest absolute Gasteiger partial charge is 0.145 e. The number of aromatic nitrogens is 1. The van der Waals surface area contributed by atoms with Gasteiger partial charge in [0.1, 0.15) is 22.7 Å². The number of fused-ring (bicyclic) bond motifs is 1. The average Bonchev–Trinajstić information content (AvgIpc) is 2.54. The summed E-state index contributed by atoms with van der Waals surface area (Å²) in [6.45, 7) is 1.01. The summed E-state index contributed by atoms with van der Waals surface area (Å²) in [7, 11) is 1.63. The summed E-state index contributed by atoms with van der Waals surface area (Å²) in [5.41, 5.74) is -0.217. The fraction of sp³-hybridized carbons (Fsp3) is 0.438. The van der Waals surface area contributed by atoms with Crippen molar-refractivity contribution in [1.82, 2.24) is 4.98 Å². The Balaban J connectivity index is 1.97. The molecule has 0 amide bonds. The van der Waals surface area contributed by atoms with Gasteiger partial charge in [0.2, 0.25) is 0 Å². The molecule has 21 heavy (non-hydrogen) atoms. The molecule has 1 aliphatic heterocycles. The van der Waals surface area contributed by atoms with Crippen molar-refractivity contribution in [2.75, 3.05) is 31.7 Å². The largest absolute Gasteiger partial charge is 0.494 e. The number of methoxy groups -OCH3 is 1. The molecule has 2 aromatic rings. The van der Waals surface area contributed by atoms with E-state index >= 15 is 0 Å². The maximum absolute atomic E-state index is 10.3. The van der Waals surface area contributed by atoms with Crippen LogP contribution in [-0.2, 0) is 0 Å². The van der Waals surface area contributed by atoms with Gasteiger partial charge in [-0.1, -0.05) is 12.1 Å². The molecular weight excluding hydrogens is 268 g/mol. The third kappa shape index (κ3) is 2.66. The van der Waals surface area contributed by atoms with Gasteiger partial charge in [-0.15, -0.1) is 0 Å². The van der Waals surface area contributed by atoms with Crippen LogP contribution in [-0.4, -0.2) is 47.6 Å². The SMILES string of the molecule is COc1cccc2ccc(N3CCC[C@@](O)(CO)C3)nc12. The zero-order chi connectivity index (χ0) is 14.9. The first-order valence-electron chi connectivity index (χ1n) is 7.17. The first-order valence-corrected chi connectivity index (χ1v) is 7.17. The van der Waals surface area contributed by atoms with Crippen LogP contribution in [0.1, 0.15) is 12.8 Å². The number of piperidine rings is 1. The minimum absolute atomic E-state index is 0.222. The second-order valence-electron chi connectivity index (χ2n) is 5.61. The fourth-order valence-electron chi connectivity index (χ4n) is 2.89. The van der Waals surface area contributed by atoms with E-state index in [-0.39, 0.29) is 6.61 Å². The molecule has 5 heteroatoms. The van der Waals surface area contributed by atoms with Gasteiger partial charge < -0.3 is 19.8 Å². The van der Waals surface area contributed by atoms with Crippen molar-refractivity contribution in [3.8, 4) is 5.75 Å². The van der Waals surface area contributed by atoms with Crippen molar-refractivity contribution in [1.29, 1.82) is 0 Å². The number of para-hydroxylation sites is 1. The van der Waals surface area contributed by atoms with E-state index in [2.05, 4.69) is 4.98 Å². The standard InChI is InChI=1S/C16H20N2O3/c1-21-13-5-2-4-12-6-7-14(17-15(12)13)18-9-3-8-16(20,10-18)11-19/h2,4-7,19-20H,3,8-11H2,1H3/t16-/m0/s1. The molecule has 0 saturated carbocycles. The molecule has 1 saturated heterocycles. The molecule has 1 aromatic heterocycles. The number of ether oxygens (including phenoxy) is 1.